The highest BCUT2D eigenvalue weighted by molar-refractivity contribution is 6.99. The first-order valence-electron chi connectivity index (χ1n) is 21.1. The summed E-state index contributed by atoms with van der Waals surface area (Å²) in [5.74, 6) is -4.38. The minimum absolute atomic E-state index is 0.0873. The van der Waals surface area contributed by atoms with E-state index in [9.17, 15) is 29.3 Å². The van der Waals surface area contributed by atoms with Crippen LogP contribution in [0.2, 0.25) is 5.04 Å². The fourth-order valence-corrected chi connectivity index (χ4v) is 13.9. The normalized spacial score (nSPS) is 19.0. The van der Waals surface area contributed by atoms with Crippen LogP contribution in [0.15, 0.2) is 150 Å². The molecule has 0 saturated carbocycles. The molecule has 4 atom stereocenters. The first kappa shape index (κ1) is 43.4. The fourth-order valence-electron chi connectivity index (χ4n) is 9.36. The number of fused-ring (bicyclic) bond motifs is 1. The van der Waals surface area contributed by atoms with Crippen LogP contribution in [0.3, 0.4) is 0 Å². The predicted octanol–water partition coefficient (Wildman–Crippen LogP) is 8.90. The number of nitrogens with one attached hydrogen (secondary N) is 1. The van der Waals surface area contributed by atoms with Gasteiger partial charge in [-0.05, 0) is 106 Å². The van der Waals surface area contributed by atoms with E-state index in [0.29, 0.717) is 35.2 Å². The Labute approximate surface area is 359 Å². The molecule has 2 aliphatic rings. The van der Waals surface area contributed by atoms with Crippen molar-refractivity contribution >= 4 is 53.6 Å². The summed E-state index contributed by atoms with van der Waals surface area (Å²) >= 11 is 0. The van der Waals surface area contributed by atoms with Crippen LogP contribution in [0.5, 0.6) is 5.75 Å². The maximum absolute atomic E-state index is 14.5. The zero-order chi connectivity index (χ0) is 43.3. The van der Waals surface area contributed by atoms with Crippen LogP contribution in [-0.2, 0) is 14.0 Å². The molecule has 5 aromatic rings. The Morgan fingerprint density at radius 2 is 1.46 bits per heavy atom. The van der Waals surface area contributed by atoms with Crippen LogP contribution < -0.4 is 20.6 Å². The molecule has 5 aromatic carbocycles. The van der Waals surface area contributed by atoms with Crippen LogP contribution in [0.1, 0.15) is 58.9 Å². The number of para-hydroxylation sites is 1. The molecule has 1 aliphatic heterocycles. The summed E-state index contributed by atoms with van der Waals surface area (Å²) in [6.45, 7) is 8.18. The highest BCUT2D eigenvalue weighted by Gasteiger charge is 2.56. The number of carbonyl (C=O) groups is 2. The second-order valence-corrected chi connectivity index (χ2v) is 21.4. The minimum Gasteiger partial charge on any atom is -0.505 e. The molecule has 0 bridgehead atoms. The maximum atomic E-state index is 14.5. The number of allylic oxidation sites excluding steroid dienone is 1. The van der Waals surface area contributed by atoms with E-state index >= 15 is 0 Å². The monoisotopic (exact) mass is 838 g/mol. The van der Waals surface area contributed by atoms with E-state index in [4.69, 9.17) is 4.43 Å². The maximum Gasteiger partial charge on any atom is 0.261 e. The van der Waals surface area contributed by atoms with Crippen molar-refractivity contribution in [3.8, 4) is 5.75 Å². The fraction of sp³-hybridized carbons (Fsp3) is 0.294. The van der Waals surface area contributed by atoms with Gasteiger partial charge in [0.1, 0.15) is 0 Å². The van der Waals surface area contributed by atoms with Gasteiger partial charge in [0, 0.05) is 17.3 Å². The molecule has 61 heavy (non-hydrogen) atoms. The molecule has 8 nitrogen and oxygen atoms in total. The molecule has 316 valence electrons. The molecule has 4 N–H and O–H groups in total. The van der Waals surface area contributed by atoms with Gasteiger partial charge < -0.3 is 25.1 Å². The van der Waals surface area contributed by atoms with E-state index in [1.54, 1.807) is 18.2 Å². The number of benzene rings is 5. The van der Waals surface area contributed by atoms with Gasteiger partial charge in [0.05, 0.1) is 36.8 Å². The molecular formula is C51H55FN2O6Si. The minimum atomic E-state index is -3.09. The SMILES string of the molecule is CC/C(=C\c1ccc(O)c(F)c1)CC[C@@H](O)C1=C(CO[Si](c2ccccc2)(c2ccccc2)C(C)(C)C)C[C@H]2C(=O)N(c3ccc(Nc4ccccc4)cc3)C(=O)[C@H]2[C@H]1CO. The summed E-state index contributed by atoms with van der Waals surface area (Å²) in [5, 5.41) is 38.4. The first-order chi connectivity index (χ1) is 29.4. The average Bonchev–Trinajstić information content (AvgIpc) is 3.52. The lowest BCUT2D eigenvalue weighted by Crippen LogP contribution is -2.66. The molecule has 1 heterocycles. The summed E-state index contributed by atoms with van der Waals surface area (Å²) in [6.07, 6.45) is 2.30. The smallest absolute Gasteiger partial charge is 0.261 e. The Kier molecular flexibility index (Phi) is 13.2. The van der Waals surface area contributed by atoms with E-state index in [1.165, 1.54) is 17.0 Å². The summed E-state index contributed by atoms with van der Waals surface area (Å²) < 4.78 is 21.7. The van der Waals surface area contributed by atoms with E-state index in [-0.39, 0.29) is 30.4 Å². The van der Waals surface area contributed by atoms with Crippen LogP contribution >= 0.6 is 0 Å². The van der Waals surface area contributed by atoms with Crippen molar-refractivity contribution in [2.45, 2.75) is 64.5 Å². The third kappa shape index (κ3) is 8.90. The van der Waals surface area contributed by atoms with E-state index in [0.717, 1.165) is 27.3 Å². The third-order valence-electron chi connectivity index (χ3n) is 12.3. The molecule has 10 heteroatoms. The van der Waals surface area contributed by atoms with Crippen molar-refractivity contribution in [1.82, 2.24) is 0 Å². The molecular weight excluding hydrogens is 784 g/mol. The molecule has 0 spiro atoms. The van der Waals surface area contributed by atoms with Crippen molar-refractivity contribution in [2.75, 3.05) is 23.4 Å². The van der Waals surface area contributed by atoms with Gasteiger partial charge in [-0.15, -0.1) is 0 Å². The van der Waals surface area contributed by atoms with Crippen molar-refractivity contribution < 1.29 is 33.7 Å². The Bertz CT molecular complexity index is 2340. The van der Waals surface area contributed by atoms with Gasteiger partial charge in [0.15, 0.2) is 11.6 Å². The van der Waals surface area contributed by atoms with Crippen molar-refractivity contribution in [3.63, 3.8) is 0 Å². The molecule has 0 radical (unpaired) electrons. The van der Waals surface area contributed by atoms with Gasteiger partial charge >= 0.3 is 0 Å². The number of phenolic OH excluding ortho intramolecular Hbond substituents is 1. The number of aliphatic hydroxyl groups excluding tert-OH is 2. The third-order valence-corrected chi connectivity index (χ3v) is 17.3. The van der Waals surface area contributed by atoms with Gasteiger partial charge in [-0.3, -0.25) is 14.5 Å². The number of hydrogen-bond acceptors (Lipinski definition) is 7. The number of nitrogens with zero attached hydrogens (tertiary/aromatic N) is 1. The summed E-state index contributed by atoms with van der Waals surface area (Å²) in [7, 11) is -3.09. The zero-order valence-electron chi connectivity index (χ0n) is 35.2. The van der Waals surface area contributed by atoms with Crippen LogP contribution in [-0.4, -0.2) is 54.8 Å². The van der Waals surface area contributed by atoms with Gasteiger partial charge in [0.25, 0.3) is 8.32 Å². The van der Waals surface area contributed by atoms with Crippen LogP contribution in [0.25, 0.3) is 6.08 Å². The van der Waals surface area contributed by atoms with Gasteiger partial charge in [0.2, 0.25) is 11.8 Å². The molecule has 1 fully saturated rings. The number of aliphatic hydroxyl groups is 2. The number of carbonyl (C=O) groups excluding carboxylic acids is 2. The van der Waals surface area contributed by atoms with Crippen LogP contribution in [0.4, 0.5) is 21.5 Å². The molecule has 2 amide bonds. The second-order valence-electron chi connectivity index (χ2n) is 17.1. The summed E-state index contributed by atoms with van der Waals surface area (Å²) in [6, 6.07) is 41.6. The largest absolute Gasteiger partial charge is 0.505 e. The first-order valence-corrected chi connectivity index (χ1v) is 23.0. The number of phenols is 1. The van der Waals surface area contributed by atoms with E-state index in [1.807, 2.05) is 91.9 Å². The zero-order valence-corrected chi connectivity index (χ0v) is 36.2. The number of aromatic hydroxyl groups is 1. The number of anilines is 3. The second kappa shape index (κ2) is 18.5. The number of hydrogen-bond donors (Lipinski definition) is 4. The van der Waals surface area contributed by atoms with E-state index in [2.05, 4.69) is 50.4 Å². The van der Waals surface area contributed by atoms with Gasteiger partial charge in [-0.1, -0.05) is 124 Å². The molecule has 0 aromatic heterocycles. The summed E-state index contributed by atoms with van der Waals surface area (Å²) in [4.78, 5) is 30.3. The number of rotatable bonds is 15. The highest BCUT2D eigenvalue weighted by Crippen LogP contribution is 2.48. The summed E-state index contributed by atoms with van der Waals surface area (Å²) in [5.41, 5.74) is 4.94. The lowest BCUT2D eigenvalue weighted by atomic mass is 9.68. The predicted molar refractivity (Wildman–Crippen MR) is 243 cm³/mol. The number of imide groups is 1. The number of amides is 2. The molecule has 1 saturated heterocycles. The quantitative estimate of drug-likeness (QED) is 0.0473. The lowest BCUT2D eigenvalue weighted by Gasteiger charge is -2.44. The Morgan fingerprint density at radius 3 is 2.02 bits per heavy atom. The van der Waals surface area contributed by atoms with Gasteiger partial charge in [-0.2, -0.15) is 0 Å². The molecule has 1 aliphatic carbocycles. The number of halogens is 1. The Balaban J connectivity index is 1.26. The standard InChI is InChI=1S/C51H55FN2O6Si/c1-5-34(29-35-22-27-45(56)44(52)30-35)21-28-46(57)47-36(33-60-61(51(2,3)4,40-17-11-7-12-18-40)41-19-13-8-14-20-41)31-42-48(43(47)32-55)50(59)54(49(42)58)39-25-23-38(24-26-39)53-37-15-9-6-10-16-37/h6-20,22-27,29-30,42-43,46,48,53,55-57H,5,21,28,31-33H2,1-4H3/b34-29+/t42-,43+,46-,48-/m1/s1. The Morgan fingerprint density at radius 1 is 0.869 bits per heavy atom. The molecule has 7 rings (SSSR count). The van der Waals surface area contributed by atoms with Gasteiger partial charge in [-0.25, -0.2) is 4.39 Å². The van der Waals surface area contributed by atoms with E-state index < -0.39 is 56.3 Å². The lowest BCUT2D eigenvalue weighted by molar-refractivity contribution is -0.123. The average molecular weight is 839 g/mol. The van der Waals surface area contributed by atoms with Crippen molar-refractivity contribution in [3.05, 3.63) is 162 Å². The highest BCUT2D eigenvalue weighted by atomic mass is 28.4. The Hall–Kier alpha value is -5.65. The van der Waals surface area contributed by atoms with Crippen LogP contribution in [0, 0.1) is 23.6 Å². The molecule has 0 unspecified atom stereocenters. The topological polar surface area (TPSA) is 119 Å². The van der Waals surface area contributed by atoms with Crippen molar-refractivity contribution in [1.29, 1.82) is 0 Å². The van der Waals surface area contributed by atoms with Crippen molar-refractivity contribution in [2.24, 2.45) is 17.8 Å².